The van der Waals surface area contributed by atoms with E-state index in [1.54, 1.807) is 0 Å². The predicted octanol–water partition coefficient (Wildman–Crippen LogP) is 2.36. The van der Waals surface area contributed by atoms with E-state index in [-0.39, 0.29) is 0 Å². The molecule has 1 heterocycles. The second-order valence-electron chi connectivity index (χ2n) is 4.53. The van der Waals surface area contributed by atoms with Crippen LogP contribution in [0.1, 0.15) is 12.0 Å². The van der Waals surface area contributed by atoms with Crippen LogP contribution in [0, 0.1) is 23.7 Å². The second kappa shape index (κ2) is 6.48. The lowest BCUT2D eigenvalue weighted by Gasteiger charge is -2.36. The SMILES string of the molecule is C#CCCN1CCN(c2c(Cl)cccc2C#N)CC1. The van der Waals surface area contributed by atoms with E-state index in [1.165, 1.54) is 0 Å². The number of nitriles is 1. The van der Waals surface area contributed by atoms with Crippen molar-refractivity contribution in [3.63, 3.8) is 0 Å². The van der Waals surface area contributed by atoms with Gasteiger partial charge >= 0.3 is 0 Å². The van der Waals surface area contributed by atoms with E-state index in [1.807, 2.05) is 18.2 Å². The fourth-order valence-corrected chi connectivity index (χ4v) is 2.64. The summed E-state index contributed by atoms with van der Waals surface area (Å²) in [4.78, 5) is 4.53. The molecule has 19 heavy (non-hydrogen) atoms. The summed E-state index contributed by atoms with van der Waals surface area (Å²) in [6, 6.07) is 7.67. The van der Waals surface area contributed by atoms with Crippen molar-refractivity contribution in [2.24, 2.45) is 0 Å². The lowest BCUT2D eigenvalue weighted by molar-refractivity contribution is 0.264. The molecule has 0 saturated carbocycles. The first-order chi connectivity index (χ1) is 9.26. The quantitative estimate of drug-likeness (QED) is 0.792. The van der Waals surface area contributed by atoms with Gasteiger partial charge in [-0.2, -0.15) is 5.26 Å². The Hall–Kier alpha value is -1.68. The third-order valence-electron chi connectivity index (χ3n) is 3.37. The molecule has 0 amide bonds. The lowest BCUT2D eigenvalue weighted by atomic mass is 10.1. The molecular formula is C15H16ClN3. The van der Waals surface area contributed by atoms with Crippen molar-refractivity contribution in [2.75, 3.05) is 37.6 Å². The lowest BCUT2D eigenvalue weighted by Crippen LogP contribution is -2.46. The van der Waals surface area contributed by atoms with Crippen LogP contribution in [-0.4, -0.2) is 37.6 Å². The predicted molar refractivity (Wildman–Crippen MR) is 78.3 cm³/mol. The van der Waals surface area contributed by atoms with Crippen LogP contribution in [0.15, 0.2) is 18.2 Å². The molecule has 4 heteroatoms. The van der Waals surface area contributed by atoms with Gasteiger partial charge in [-0.25, -0.2) is 0 Å². The standard InChI is InChI=1S/C15H16ClN3/c1-2-3-7-18-8-10-19(11-9-18)15-13(12-17)5-4-6-14(15)16/h1,4-6H,3,7-11H2. The van der Waals surface area contributed by atoms with Gasteiger partial charge in [0, 0.05) is 39.1 Å². The number of nitrogens with zero attached hydrogens (tertiary/aromatic N) is 3. The molecule has 0 bridgehead atoms. The minimum Gasteiger partial charge on any atom is -0.367 e. The summed E-state index contributed by atoms with van der Waals surface area (Å²) in [6.07, 6.45) is 6.07. The van der Waals surface area contributed by atoms with Crippen LogP contribution >= 0.6 is 11.6 Å². The van der Waals surface area contributed by atoms with Crippen LogP contribution < -0.4 is 4.90 Å². The molecule has 1 fully saturated rings. The zero-order valence-corrected chi connectivity index (χ0v) is 11.5. The minimum atomic E-state index is 0.643. The van der Waals surface area contributed by atoms with Gasteiger partial charge in [0.15, 0.2) is 0 Å². The van der Waals surface area contributed by atoms with Gasteiger partial charge in [-0.15, -0.1) is 12.3 Å². The molecule has 1 aliphatic rings. The number of hydrogen-bond acceptors (Lipinski definition) is 3. The Bertz CT molecular complexity index is 519. The summed E-state index contributed by atoms with van der Waals surface area (Å²) >= 11 is 6.23. The van der Waals surface area contributed by atoms with Crippen LogP contribution in [0.2, 0.25) is 5.02 Å². The first-order valence-corrected chi connectivity index (χ1v) is 6.73. The molecule has 98 valence electrons. The summed E-state index contributed by atoms with van der Waals surface area (Å²) < 4.78 is 0. The first-order valence-electron chi connectivity index (χ1n) is 6.35. The Morgan fingerprint density at radius 2 is 2.00 bits per heavy atom. The van der Waals surface area contributed by atoms with E-state index in [4.69, 9.17) is 18.0 Å². The van der Waals surface area contributed by atoms with Gasteiger partial charge in [0.05, 0.1) is 16.3 Å². The molecule has 0 N–H and O–H groups in total. The highest BCUT2D eigenvalue weighted by Crippen LogP contribution is 2.30. The van der Waals surface area contributed by atoms with Crippen molar-refractivity contribution in [3.8, 4) is 18.4 Å². The third kappa shape index (κ3) is 3.20. The van der Waals surface area contributed by atoms with Gasteiger partial charge in [0.25, 0.3) is 0 Å². The largest absolute Gasteiger partial charge is 0.367 e. The zero-order valence-electron chi connectivity index (χ0n) is 10.8. The van der Waals surface area contributed by atoms with Crippen molar-refractivity contribution in [2.45, 2.75) is 6.42 Å². The van der Waals surface area contributed by atoms with Crippen molar-refractivity contribution < 1.29 is 0 Å². The van der Waals surface area contributed by atoms with Gasteiger partial charge in [-0.1, -0.05) is 17.7 Å². The molecule has 0 radical (unpaired) electrons. The summed E-state index contributed by atoms with van der Waals surface area (Å²) in [5, 5.41) is 9.82. The number of hydrogen-bond donors (Lipinski definition) is 0. The summed E-state index contributed by atoms with van der Waals surface area (Å²) in [5.74, 6) is 2.67. The number of benzene rings is 1. The molecule has 3 nitrogen and oxygen atoms in total. The topological polar surface area (TPSA) is 30.3 Å². The molecule has 0 aliphatic carbocycles. The fourth-order valence-electron chi connectivity index (χ4n) is 2.34. The smallest absolute Gasteiger partial charge is 0.101 e. The molecule has 0 unspecified atom stereocenters. The van der Waals surface area contributed by atoms with Gasteiger partial charge in [0.1, 0.15) is 6.07 Å². The zero-order chi connectivity index (χ0) is 13.7. The number of para-hydroxylation sites is 1. The average molecular weight is 274 g/mol. The molecule has 1 aromatic rings. The Morgan fingerprint density at radius 1 is 1.26 bits per heavy atom. The van der Waals surface area contributed by atoms with E-state index in [0.717, 1.165) is 44.8 Å². The Balaban J connectivity index is 2.06. The highest BCUT2D eigenvalue weighted by molar-refractivity contribution is 6.33. The van der Waals surface area contributed by atoms with Crippen molar-refractivity contribution in [1.82, 2.24) is 4.90 Å². The normalized spacial score (nSPS) is 15.8. The van der Waals surface area contributed by atoms with Crippen LogP contribution in [0.4, 0.5) is 5.69 Å². The maximum absolute atomic E-state index is 9.17. The van der Waals surface area contributed by atoms with E-state index in [9.17, 15) is 5.26 Å². The van der Waals surface area contributed by atoms with Crippen LogP contribution in [0.3, 0.4) is 0 Å². The average Bonchev–Trinajstić information content (AvgIpc) is 2.45. The highest BCUT2D eigenvalue weighted by Gasteiger charge is 2.20. The van der Waals surface area contributed by atoms with Crippen molar-refractivity contribution in [1.29, 1.82) is 5.26 Å². The monoisotopic (exact) mass is 273 g/mol. The molecule has 2 rings (SSSR count). The first kappa shape index (κ1) is 13.7. The molecular weight excluding hydrogens is 258 g/mol. The van der Waals surface area contributed by atoms with Crippen LogP contribution in [0.5, 0.6) is 0 Å². The number of terminal acetylenes is 1. The second-order valence-corrected chi connectivity index (χ2v) is 4.94. The highest BCUT2D eigenvalue weighted by atomic mass is 35.5. The maximum Gasteiger partial charge on any atom is 0.101 e. The summed E-state index contributed by atoms with van der Waals surface area (Å²) in [5.41, 5.74) is 1.51. The van der Waals surface area contributed by atoms with Crippen molar-refractivity contribution >= 4 is 17.3 Å². The van der Waals surface area contributed by atoms with E-state index in [0.29, 0.717) is 10.6 Å². The molecule has 0 spiro atoms. The Morgan fingerprint density at radius 3 is 2.63 bits per heavy atom. The molecule has 1 aliphatic heterocycles. The van der Waals surface area contributed by atoms with Crippen molar-refractivity contribution in [3.05, 3.63) is 28.8 Å². The summed E-state index contributed by atoms with van der Waals surface area (Å²) in [7, 11) is 0. The number of rotatable bonds is 3. The van der Waals surface area contributed by atoms with E-state index >= 15 is 0 Å². The van der Waals surface area contributed by atoms with Gasteiger partial charge < -0.3 is 4.90 Å². The van der Waals surface area contributed by atoms with Crippen LogP contribution in [-0.2, 0) is 0 Å². The maximum atomic E-state index is 9.17. The molecule has 0 atom stereocenters. The minimum absolute atomic E-state index is 0.643. The van der Waals surface area contributed by atoms with E-state index in [2.05, 4.69) is 21.8 Å². The number of halogens is 1. The van der Waals surface area contributed by atoms with Crippen LogP contribution in [0.25, 0.3) is 0 Å². The number of anilines is 1. The molecule has 1 aromatic carbocycles. The van der Waals surface area contributed by atoms with Gasteiger partial charge in [0.2, 0.25) is 0 Å². The Kier molecular flexibility index (Phi) is 4.68. The van der Waals surface area contributed by atoms with E-state index < -0.39 is 0 Å². The fraction of sp³-hybridized carbons (Fsp3) is 0.400. The summed E-state index contributed by atoms with van der Waals surface area (Å²) in [6.45, 7) is 4.61. The van der Waals surface area contributed by atoms with Gasteiger partial charge in [-0.05, 0) is 12.1 Å². The Labute approximate surface area is 119 Å². The van der Waals surface area contributed by atoms with Gasteiger partial charge in [-0.3, -0.25) is 4.90 Å². The third-order valence-corrected chi connectivity index (χ3v) is 3.67. The number of piperazine rings is 1. The molecule has 0 aromatic heterocycles. The molecule has 1 saturated heterocycles.